The van der Waals surface area contributed by atoms with Gasteiger partial charge in [0.1, 0.15) is 5.78 Å². The van der Waals surface area contributed by atoms with Crippen molar-refractivity contribution in [3.05, 3.63) is 60.2 Å². The van der Waals surface area contributed by atoms with Crippen LogP contribution in [0.2, 0.25) is 0 Å². The van der Waals surface area contributed by atoms with Crippen LogP contribution in [0.1, 0.15) is 97.6 Å². The third-order valence-electron chi connectivity index (χ3n) is 10.9. The molecule has 1 fully saturated rings. The molecule has 48 heavy (non-hydrogen) atoms. The van der Waals surface area contributed by atoms with Gasteiger partial charge >= 0.3 is 0 Å². The molecule has 0 heterocycles. The van der Waals surface area contributed by atoms with Crippen molar-refractivity contribution in [1.29, 1.82) is 0 Å². The van der Waals surface area contributed by atoms with Crippen LogP contribution in [0.15, 0.2) is 49.1 Å². The number of methoxy groups -OCH3 is 1. The normalized spacial score (nSPS) is 21.3. The van der Waals surface area contributed by atoms with Crippen LogP contribution in [0, 0.1) is 46.8 Å². The molecule has 1 amide bonds. The average molecular weight is 662 g/mol. The number of allylic oxidation sites excluding steroid dienone is 2. The van der Waals surface area contributed by atoms with Crippen LogP contribution < -0.4 is 5.32 Å². The molecule has 0 radical (unpaired) electrons. The van der Waals surface area contributed by atoms with Gasteiger partial charge in [0.2, 0.25) is 17.5 Å². The zero-order valence-corrected chi connectivity index (χ0v) is 30.4. The number of hydrogen-bond donors (Lipinski definition) is 1. The van der Waals surface area contributed by atoms with Crippen molar-refractivity contribution in [2.45, 2.75) is 105 Å². The maximum absolute atomic E-state index is 14.8. The minimum Gasteiger partial charge on any atom is -0.384 e. The highest BCUT2D eigenvalue weighted by Crippen LogP contribution is 2.45. The molecule has 0 bridgehead atoms. The fourth-order valence-electron chi connectivity index (χ4n) is 7.99. The zero-order valence-electron chi connectivity index (χ0n) is 30.4. The summed E-state index contributed by atoms with van der Waals surface area (Å²) >= 11 is 0. The predicted molar refractivity (Wildman–Crippen MR) is 190 cm³/mol. The van der Waals surface area contributed by atoms with Crippen LogP contribution in [0.5, 0.6) is 0 Å². The van der Waals surface area contributed by atoms with E-state index in [1.807, 2.05) is 19.1 Å². The van der Waals surface area contributed by atoms with Crippen molar-refractivity contribution in [1.82, 2.24) is 5.32 Å². The Morgan fingerprint density at radius 1 is 1.02 bits per heavy atom. The summed E-state index contributed by atoms with van der Waals surface area (Å²) in [4.78, 5) is 69.0. The molecule has 0 spiro atoms. The molecule has 0 saturated heterocycles. The van der Waals surface area contributed by atoms with Gasteiger partial charge in [-0.2, -0.15) is 0 Å². The molecular formula is C41H59NO6. The molecule has 2 aliphatic rings. The number of fused-ring (bicyclic) bond motifs is 1. The Hall–Kier alpha value is -3.19. The molecule has 3 rings (SSSR count). The summed E-state index contributed by atoms with van der Waals surface area (Å²) < 4.78 is 5.45. The van der Waals surface area contributed by atoms with Crippen LogP contribution in [-0.4, -0.2) is 48.8 Å². The molecule has 1 N–H and O–H groups in total. The Morgan fingerprint density at radius 3 is 2.17 bits per heavy atom. The Morgan fingerprint density at radius 2 is 1.65 bits per heavy atom. The van der Waals surface area contributed by atoms with Crippen LogP contribution >= 0.6 is 0 Å². The fourth-order valence-corrected chi connectivity index (χ4v) is 7.99. The van der Waals surface area contributed by atoms with Crippen LogP contribution in [-0.2, 0) is 41.6 Å². The monoisotopic (exact) mass is 661 g/mol. The van der Waals surface area contributed by atoms with Gasteiger partial charge in [0.15, 0.2) is 5.78 Å². The van der Waals surface area contributed by atoms with Gasteiger partial charge in [0.25, 0.3) is 0 Å². The molecule has 1 saturated carbocycles. The number of Topliss-reactive ketones (excluding diaryl/α,β-unsaturated/α-hetero) is 4. The highest BCUT2D eigenvalue weighted by Gasteiger charge is 2.49. The van der Waals surface area contributed by atoms with E-state index in [1.165, 1.54) is 17.2 Å². The zero-order chi connectivity index (χ0) is 35.8. The average Bonchev–Trinajstić information content (AvgIpc) is 3.67. The van der Waals surface area contributed by atoms with Crippen molar-refractivity contribution < 1.29 is 28.7 Å². The van der Waals surface area contributed by atoms with E-state index in [9.17, 15) is 24.0 Å². The SMILES string of the molecule is C=CCC(=C)C(=O)C(=O)C(CCC)CC(=O)C1C(C(=O)C(NC(=O)C[C@H](COC)C(C)(C)C)C2Cc3ccccc3C2)CC[C@@H]1C(C)C. The molecule has 6 atom stereocenters. The van der Waals surface area contributed by atoms with E-state index >= 15 is 0 Å². The standard InChI is InChI=1S/C41H59NO6/c1-10-14-26(5)38(45)39(46)29(15-11-2)22-34(43)36-32(25(3)4)18-19-33(36)40(47)37(30-20-27-16-12-13-17-28(27)21-30)42-35(44)23-31(24-48-9)41(6,7)8/h10,12-13,16-17,25,29-33,36-37H,1,5,11,14-15,18-24H2,2-4,6-9H3,(H,42,44)/t29?,31-,32-,33?,36?,37?/m1/s1. The number of hydrogen-bond acceptors (Lipinski definition) is 6. The lowest BCUT2D eigenvalue weighted by molar-refractivity contribution is -0.140. The van der Waals surface area contributed by atoms with Gasteiger partial charge in [-0.3, -0.25) is 24.0 Å². The summed E-state index contributed by atoms with van der Waals surface area (Å²) in [5, 5.41) is 3.18. The van der Waals surface area contributed by atoms with E-state index in [1.54, 1.807) is 7.11 Å². The molecule has 1 aromatic carbocycles. The molecule has 1 aromatic rings. The lowest BCUT2D eigenvalue weighted by Gasteiger charge is -2.33. The topological polar surface area (TPSA) is 107 Å². The number of ether oxygens (including phenoxy) is 1. The van der Waals surface area contributed by atoms with Crippen molar-refractivity contribution in [2.75, 3.05) is 13.7 Å². The first kappa shape index (κ1) is 39.3. The Bertz CT molecular complexity index is 1330. The van der Waals surface area contributed by atoms with E-state index < -0.39 is 35.4 Å². The first-order valence-electron chi connectivity index (χ1n) is 17.9. The molecule has 4 unspecified atom stereocenters. The van der Waals surface area contributed by atoms with E-state index in [-0.39, 0.29) is 71.4 Å². The number of nitrogens with one attached hydrogen (secondary N) is 1. The van der Waals surface area contributed by atoms with E-state index in [0.717, 1.165) is 6.42 Å². The Kier molecular flexibility index (Phi) is 14.3. The largest absolute Gasteiger partial charge is 0.384 e. The third kappa shape index (κ3) is 9.71. The summed E-state index contributed by atoms with van der Waals surface area (Å²) in [5.74, 6) is -3.57. The van der Waals surface area contributed by atoms with Crippen molar-refractivity contribution in [3.63, 3.8) is 0 Å². The van der Waals surface area contributed by atoms with Crippen LogP contribution in [0.25, 0.3) is 0 Å². The number of rotatable bonds is 19. The van der Waals surface area contributed by atoms with Gasteiger partial charge in [0.05, 0.1) is 6.04 Å². The highest BCUT2D eigenvalue weighted by molar-refractivity contribution is 6.44. The molecule has 7 nitrogen and oxygen atoms in total. The predicted octanol–water partition coefficient (Wildman–Crippen LogP) is 7.10. The van der Waals surface area contributed by atoms with E-state index in [2.05, 4.69) is 65.2 Å². The molecule has 0 aliphatic heterocycles. The van der Waals surface area contributed by atoms with Gasteiger partial charge < -0.3 is 10.1 Å². The first-order valence-corrected chi connectivity index (χ1v) is 17.9. The third-order valence-corrected chi connectivity index (χ3v) is 10.9. The van der Waals surface area contributed by atoms with Gasteiger partial charge in [-0.15, -0.1) is 6.58 Å². The minimum absolute atomic E-state index is 0.0284. The maximum Gasteiger partial charge on any atom is 0.224 e. The smallest absolute Gasteiger partial charge is 0.224 e. The second kappa shape index (κ2) is 17.5. The Balaban J connectivity index is 1.93. The lowest BCUT2D eigenvalue weighted by atomic mass is 9.73. The van der Waals surface area contributed by atoms with Gasteiger partial charge in [0, 0.05) is 44.3 Å². The van der Waals surface area contributed by atoms with E-state index in [4.69, 9.17) is 4.74 Å². The lowest BCUT2D eigenvalue weighted by Crippen LogP contribution is -2.51. The summed E-state index contributed by atoms with van der Waals surface area (Å²) in [6, 6.07) is 7.43. The second-order valence-electron chi connectivity index (χ2n) is 15.7. The molecular weight excluding hydrogens is 602 g/mol. The van der Waals surface area contributed by atoms with Crippen LogP contribution in [0.3, 0.4) is 0 Å². The molecule has 0 aromatic heterocycles. The van der Waals surface area contributed by atoms with Gasteiger partial charge in [-0.1, -0.05) is 84.9 Å². The first-order chi connectivity index (χ1) is 22.6. The number of carbonyl (C=O) groups is 5. The van der Waals surface area contributed by atoms with Crippen molar-refractivity contribution in [3.8, 4) is 0 Å². The molecule has 7 heteroatoms. The van der Waals surface area contributed by atoms with E-state index in [0.29, 0.717) is 38.7 Å². The Labute approximate surface area is 288 Å². The quantitative estimate of drug-likeness (QED) is 0.0964. The minimum atomic E-state index is -0.754. The van der Waals surface area contributed by atoms with Crippen molar-refractivity contribution in [2.24, 2.45) is 46.8 Å². The molecule has 264 valence electrons. The van der Waals surface area contributed by atoms with Crippen molar-refractivity contribution >= 4 is 29.0 Å². The summed E-state index contributed by atoms with van der Waals surface area (Å²) in [5.41, 5.74) is 2.37. The summed E-state index contributed by atoms with van der Waals surface area (Å²) in [7, 11) is 1.63. The van der Waals surface area contributed by atoms with Crippen LogP contribution in [0.4, 0.5) is 0 Å². The van der Waals surface area contributed by atoms with Gasteiger partial charge in [-0.05, 0) is 84.3 Å². The number of ketones is 4. The summed E-state index contributed by atoms with van der Waals surface area (Å²) in [6.45, 7) is 20.2. The highest BCUT2D eigenvalue weighted by atomic mass is 16.5. The second-order valence-corrected chi connectivity index (χ2v) is 15.7. The summed E-state index contributed by atoms with van der Waals surface area (Å²) in [6.07, 6.45) is 5.58. The van der Waals surface area contributed by atoms with Gasteiger partial charge in [-0.25, -0.2) is 0 Å². The number of amides is 1. The fraction of sp³-hybridized carbons (Fsp3) is 0.634. The number of carbonyl (C=O) groups excluding carboxylic acids is 5. The number of benzene rings is 1. The molecule has 2 aliphatic carbocycles. The maximum atomic E-state index is 14.8.